The van der Waals surface area contributed by atoms with Crippen LogP contribution < -0.4 is 9.80 Å². The number of aromatic nitrogens is 3. The van der Waals surface area contributed by atoms with E-state index in [0.717, 1.165) is 28.4 Å². The minimum atomic E-state index is 0.0178. The van der Waals surface area contributed by atoms with Crippen LogP contribution in [-0.2, 0) is 5.41 Å². The maximum atomic E-state index is 2.41. The molecule has 0 atom stereocenters. The first-order chi connectivity index (χ1) is 50.1. The molecule has 5 nitrogen and oxygen atoms in total. The number of hydrogen-bond donors (Lipinski definition) is 0. The van der Waals surface area contributed by atoms with Crippen molar-refractivity contribution in [2.75, 3.05) is 9.80 Å². The van der Waals surface area contributed by atoms with Crippen molar-refractivity contribution in [3.63, 3.8) is 0 Å². The molecular formula is C96H73N5. The summed E-state index contributed by atoms with van der Waals surface area (Å²) in [5, 5.41) is 7.50. The molecule has 0 amide bonds. The molecule has 101 heavy (non-hydrogen) atoms. The Morgan fingerprint density at radius 3 is 0.733 bits per heavy atom. The van der Waals surface area contributed by atoms with E-state index in [1.54, 1.807) is 0 Å². The van der Waals surface area contributed by atoms with Crippen LogP contribution in [0.3, 0.4) is 0 Å². The van der Waals surface area contributed by atoms with Gasteiger partial charge in [0.1, 0.15) is 0 Å². The predicted molar refractivity (Wildman–Crippen MR) is 426 cm³/mol. The van der Waals surface area contributed by atoms with Gasteiger partial charge in [0.05, 0.1) is 33.1 Å². The molecule has 0 N–H and O–H groups in total. The van der Waals surface area contributed by atoms with Crippen molar-refractivity contribution in [3.8, 4) is 39.3 Å². The van der Waals surface area contributed by atoms with Crippen LogP contribution in [0.25, 0.3) is 105 Å². The van der Waals surface area contributed by atoms with Crippen molar-refractivity contribution < 1.29 is 0 Å². The van der Waals surface area contributed by atoms with Crippen molar-refractivity contribution in [2.45, 2.75) is 37.5 Å². The second-order valence-electron chi connectivity index (χ2n) is 26.7. The molecule has 0 radical (unpaired) electrons. The van der Waals surface area contributed by atoms with Gasteiger partial charge in [-0.1, -0.05) is 232 Å². The molecule has 5 heteroatoms. The van der Waals surface area contributed by atoms with E-state index >= 15 is 0 Å². The Labute approximate surface area is 589 Å². The lowest BCUT2D eigenvalue weighted by atomic mass is 9.65. The summed E-state index contributed by atoms with van der Waals surface area (Å²) in [6, 6.07) is 139. The molecule has 1 saturated carbocycles. The second kappa shape index (κ2) is 26.3. The zero-order valence-corrected chi connectivity index (χ0v) is 56.1. The molecule has 3 aromatic heterocycles. The molecule has 1 aliphatic rings. The molecule has 18 aromatic rings. The first kappa shape index (κ1) is 60.7. The number of nitrogens with zero attached hydrogens (tertiary/aromatic N) is 5. The molecule has 1 fully saturated rings. The predicted octanol–water partition coefficient (Wildman–Crippen LogP) is 26.2. The molecule has 15 aromatic carbocycles. The quantitative estimate of drug-likeness (QED) is 0.115. The third-order valence-corrected chi connectivity index (χ3v) is 20.9. The van der Waals surface area contributed by atoms with Gasteiger partial charge in [-0.05, 0) is 216 Å². The molecule has 1 aliphatic carbocycles. The Kier molecular flexibility index (Phi) is 15.8. The van der Waals surface area contributed by atoms with E-state index < -0.39 is 0 Å². The number of benzene rings is 15. The lowest BCUT2D eigenvalue weighted by molar-refractivity contribution is 0.346. The summed E-state index contributed by atoms with van der Waals surface area (Å²) < 4.78 is 7.17. The number of anilines is 6. The molecule has 0 saturated heterocycles. The maximum absolute atomic E-state index is 2.41. The van der Waals surface area contributed by atoms with E-state index in [1.807, 2.05) is 0 Å². The van der Waals surface area contributed by atoms with Gasteiger partial charge in [0.15, 0.2) is 0 Å². The average Bonchev–Trinajstić information content (AvgIpc) is 1.61. The van der Waals surface area contributed by atoms with E-state index in [9.17, 15) is 0 Å². The summed E-state index contributed by atoms with van der Waals surface area (Å²) in [6.45, 7) is 0. The average molecular weight is 1300 g/mol. The monoisotopic (exact) mass is 1300 g/mol. The Balaban J connectivity index is 0.000000150. The zero-order valence-electron chi connectivity index (χ0n) is 56.1. The maximum Gasteiger partial charge on any atom is 0.0541 e. The zero-order chi connectivity index (χ0) is 67.1. The SMILES string of the molecule is c1ccc(-n2c3ccccc3c3cc(-c4ccc5c(c4)c4cc(-c6ccc7c(c6)c6ccccc6n7-c6ccccc6)ccc4n5-c4ccccc4)ccc32)cc1.c1ccc(N(c2ccccc2)c2ccc(C3(c4ccc(N(c5ccccc5)c5ccccc5)cc4)CCCCC3)cc2)cc1. The summed E-state index contributed by atoms with van der Waals surface area (Å²) in [5.41, 5.74) is 25.4. The summed E-state index contributed by atoms with van der Waals surface area (Å²) in [6.07, 6.45) is 6.17. The number of hydrogen-bond acceptors (Lipinski definition) is 2. The first-order valence-electron chi connectivity index (χ1n) is 35.4. The van der Waals surface area contributed by atoms with E-state index in [4.69, 9.17) is 0 Å². The summed E-state index contributed by atoms with van der Waals surface area (Å²) in [5.74, 6) is 0. The molecule has 0 bridgehead atoms. The highest BCUT2D eigenvalue weighted by molar-refractivity contribution is 6.15. The molecule has 0 aliphatic heterocycles. The Hall–Kier alpha value is -12.7. The Morgan fingerprint density at radius 1 is 0.198 bits per heavy atom. The van der Waals surface area contributed by atoms with Gasteiger partial charge in [-0.15, -0.1) is 0 Å². The third kappa shape index (κ3) is 11.1. The molecular weight excluding hydrogens is 1220 g/mol. The van der Waals surface area contributed by atoms with Crippen molar-refractivity contribution in [3.05, 3.63) is 393 Å². The topological polar surface area (TPSA) is 21.3 Å². The number of rotatable bonds is 13. The fourth-order valence-corrected chi connectivity index (χ4v) is 16.2. The van der Waals surface area contributed by atoms with Crippen LogP contribution in [0.4, 0.5) is 34.1 Å². The van der Waals surface area contributed by atoms with E-state index in [0.29, 0.717) is 0 Å². The summed E-state index contributed by atoms with van der Waals surface area (Å²) in [7, 11) is 0. The highest BCUT2D eigenvalue weighted by Gasteiger charge is 2.36. The van der Waals surface area contributed by atoms with Gasteiger partial charge in [-0.3, -0.25) is 0 Å². The highest BCUT2D eigenvalue weighted by atomic mass is 15.1. The summed E-state index contributed by atoms with van der Waals surface area (Å²) >= 11 is 0. The minimum absolute atomic E-state index is 0.0178. The van der Waals surface area contributed by atoms with Gasteiger partial charge < -0.3 is 23.5 Å². The number of para-hydroxylation sites is 9. The minimum Gasteiger partial charge on any atom is -0.311 e. The molecule has 482 valence electrons. The lowest BCUT2D eigenvalue weighted by Crippen LogP contribution is -2.30. The van der Waals surface area contributed by atoms with Crippen LogP contribution in [0.5, 0.6) is 0 Å². The lowest BCUT2D eigenvalue weighted by Gasteiger charge is -2.39. The Morgan fingerprint density at radius 2 is 0.436 bits per heavy atom. The number of fused-ring (bicyclic) bond motifs is 9. The van der Waals surface area contributed by atoms with Gasteiger partial charge in [0.25, 0.3) is 0 Å². The fourth-order valence-electron chi connectivity index (χ4n) is 16.2. The molecule has 19 rings (SSSR count). The van der Waals surface area contributed by atoms with Gasteiger partial charge >= 0.3 is 0 Å². The van der Waals surface area contributed by atoms with Crippen molar-refractivity contribution in [2.24, 2.45) is 0 Å². The van der Waals surface area contributed by atoms with Gasteiger partial charge in [0.2, 0.25) is 0 Å². The third-order valence-electron chi connectivity index (χ3n) is 20.9. The van der Waals surface area contributed by atoms with Crippen LogP contribution >= 0.6 is 0 Å². The van der Waals surface area contributed by atoms with E-state index in [1.165, 1.54) is 154 Å². The van der Waals surface area contributed by atoms with Crippen LogP contribution in [0.2, 0.25) is 0 Å². The highest BCUT2D eigenvalue weighted by Crippen LogP contribution is 2.48. The van der Waals surface area contributed by atoms with Crippen LogP contribution in [0.15, 0.2) is 382 Å². The van der Waals surface area contributed by atoms with Crippen molar-refractivity contribution >= 4 is 99.5 Å². The van der Waals surface area contributed by atoms with Gasteiger partial charge in [0, 0.05) is 88.9 Å². The molecule has 3 heterocycles. The van der Waals surface area contributed by atoms with Crippen LogP contribution in [-0.4, -0.2) is 13.7 Å². The second-order valence-corrected chi connectivity index (χ2v) is 26.7. The largest absolute Gasteiger partial charge is 0.311 e. The van der Waals surface area contributed by atoms with Crippen molar-refractivity contribution in [1.82, 2.24) is 13.7 Å². The van der Waals surface area contributed by atoms with E-state index in [-0.39, 0.29) is 5.41 Å². The van der Waals surface area contributed by atoms with Crippen LogP contribution in [0, 0.1) is 0 Å². The molecule has 0 unspecified atom stereocenters. The Bertz CT molecular complexity index is 5520. The smallest absolute Gasteiger partial charge is 0.0541 e. The van der Waals surface area contributed by atoms with Gasteiger partial charge in [-0.25, -0.2) is 0 Å². The fraction of sp³-hybridized carbons (Fsp3) is 0.0625. The standard InChI is InChI=1S/C54H35N3.C42H38N2/c1-4-14-40(15-5-1)55-49-22-12-10-20-43(49)45-32-36(24-28-51(45)55)38-26-30-53-47(34-38)48-35-39(27-31-54(48)57(53)42-18-8-3-9-19-42)37-25-29-52-46(33-37)44-21-11-13-23-50(44)56(52)41-16-6-2-7-17-41;1-6-16-36(17-7-1)43(37-18-8-2-9-19-37)40-28-24-34(25-29-40)42(32-14-5-15-33-42)35-26-30-41(31-27-35)44(38-20-10-3-11-21-38)39-22-12-4-13-23-39/h1-35H;1-4,6-13,16-31H,5,14-15,32-33H2. The van der Waals surface area contributed by atoms with Crippen molar-refractivity contribution in [1.29, 1.82) is 0 Å². The summed E-state index contributed by atoms with van der Waals surface area (Å²) in [4.78, 5) is 4.68. The van der Waals surface area contributed by atoms with Crippen LogP contribution in [0.1, 0.15) is 43.2 Å². The molecule has 0 spiro atoms. The normalized spacial score (nSPS) is 12.8. The van der Waals surface area contributed by atoms with Gasteiger partial charge in [-0.2, -0.15) is 0 Å². The van der Waals surface area contributed by atoms with E-state index in [2.05, 4.69) is 406 Å². The first-order valence-corrected chi connectivity index (χ1v) is 35.4.